The lowest BCUT2D eigenvalue weighted by molar-refractivity contribution is -0.117. The van der Waals surface area contributed by atoms with E-state index in [0.717, 1.165) is 24.9 Å². The second-order valence-electron chi connectivity index (χ2n) is 7.90. The molecule has 1 unspecified atom stereocenters. The van der Waals surface area contributed by atoms with Crippen molar-refractivity contribution >= 4 is 15.9 Å². The van der Waals surface area contributed by atoms with Gasteiger partial charge in [-0.25, -0.2) is 13.1 Å². The molecule has 1 aromatic carbocycles. The largest absolute Gasteiger partial charge is 0.350 e. The Morgan fingerprint density at radius 2 is 2.03 bits per heavy atom. The maximum absolute atomic E-state index is 13.6. The lowest BCUT2D eigenvalue weighted by atomic mass is 9.70. The Labute approximate surface area is 171 Å². The van der Waals surface area contributed by atoms with Gasteiger partial charge < -0.3 is 5.32 Å². The van der Waals surface area contributed by atoms with Gasteiger partial charge in [0.2, 0.25) is 15.9 Å². The highest BCUT2D eigenvalue weighted by molar-refractivity contribution is 7.89. The first kappa shape index (κ1) is 19.8. The van der Waals surface area contributed by atoms with E-state index in [4.69, 9.17) is 0 Å². The molecular formula is C21H26N4O3S. The minimum atomic E-state index is -3.69. The van der Waals surface area contributed by atoms with Gasteiger partial charge in [-0.1, -0.05) is 24.8 Å². The van der Waals surface area contributed by atoms with Crippen molar-refractivity contribution in [2.24, 2.45) is 0 Å². The third-order valence-corrected chi connectivity index (χ3v) is 8.29. The van der Waals surface area contributed by atoms with E-state index < -0.39 is 15.6 Å². The van der Waals surface area contributed by atoms with Gasteiger partial charge in [0.25, 0.3) is 0 Å². The number of sulfonamides is 1. The highest BCUT2D eigenvalue weighted by Crippen LogP contribution is 2.47. The third-order valence-electron chi connectivity index (χ3n) is 6.19. The zero-order valence-corrected chi connectivity index (χ0v) is 17.4. The predicted molar refractivity (Wildman–Crippen MR) is 110 cm³/mol. The Hall–Kier alpha value is -2.45. The van der Waals surface area contributed by atoms with Crippen LogP contribution in [-0.2, 0) is 14.8 Å². The Morgan fingerprint density at radius 1 is 1.31 bits per heavy atom. The van der Waals surface area contributed by atoms with E-state index in [9.17, 15) is 13.2 Å². The van der Waals surface area contributed by atoms with Crippen molar-refractivity contribution in [2.45, 2.75) is 55.5 Å². The number of piperidine rings is 1. The number of hydrogen-bond donors (Lipinski definition) is 1. The lowest BCUT2D eigenvalue weighted by Crippen LogP contribution is -2.63. The summed E-state index contributed by atoms with van der Waals surface area (Å²) in [6.45, 7) is 5.68. The van der Waals surface area contributed by atoms with Crippen LogP contribution in [0.25, 0.3) is 5.69 Å². The van der Waals surface area contributed by atoms with Gasteiger partial charge in [-0.05, 0) is 57.2 Å². The standard InChI is InChI=1S/C21H26N4O3S/c1-3-20(26)23-17-10-13-24(21(14-17)11-7-12-21)29(27,28)19-15-22-25(16(19)2)18-8-5-4-6-9-18/h3-6,8-9,15,17H,1,7,10-14H2,2H3,(H,23,26). The summed E-state index contributed by atoms with van der Waals surface area (Å²) in [5.41, 5.74) is 1.01. The first-order valence-corrected chi connectivity index (χ1v) is 11.4. The van der Waals surface area contributed by atoms with Crippen molar-refractivity contribution in [3.8, 4) is 5.69 Å². The van der Waals surface area contributed by atoms with Crippen molar-refractivity contribution < 1.29 is 13.2 Å². The molecule has 1 N–H and O–H groups in total. The van der Waals surface area contributed by atoms with E-state index in [0.29, 0.717) is 25.1 Å². The highest BCUT2D eigenvalue weighted by atomic mass is 32.2. The van der Waals surface area contributed by atoms with Crippen LogP contribution < -0.4 is 5.32 Å². The first-order valence-electron chi connectivity index (χ1n) is 9.93. The number of carbonyl (C=O) groups excluding carboxylic acids is 1. The topological polar surface area (TPSA) is 84.3 Å². The number of nitrogens with zero attached hydrogens (tertiary/aromatic N) is 3. The predicted octanol–water partition coefficient (Wildman–Crippen LogP) is 2.56. The SMILES string of the molecule is C=CC(=O)NC1CCN(S(=O)(=O)c2cnn(-c3ccccc3)c2C)C2(CCC2)C1. The molecule has 0 bridgehead atoms. The summed E-state index contributed by atoms with van der Waals surface area (Å²) in [6, 6.07) is 9.48. The molecule has 2 aliphatic rings. The summed E-state index contributed by atoms with van der Waals surface area (Å²) in [4.78, 5) is 12.0. The zero-order chi connectivity index (χ0) is 20.6. The van der Waals surface area contributed by atoms with E-state index in [1.54, 1.807) is 15.9 Å². The van der Waals surface area contributed by atoms with E-state index >= 15 is 0 Å². The van der Waals surface area contributed by atoms with Crippen molar-refractivity contribution in [1.82, 2.24) is 19.4 Å². The van der Waals surface area contributed by atoms with Gasteiger partial charge in [0, 0.05) is 18.1 Å². The van der Waals surface area contributed by atoms with Crippen LogP contribution in [0.3, 0.4) is 0 Å². The molecule has 4 rings (SSSR count). The second kappa shape index (κ2) is 7.42. The summed E-state index contributed by atoms with van der Waals surface area (Å²) in [7, 11) is -3.69. The van der Waals surface area contributed by atoms with Crippen LogP contribution in [0.15, 0.2) is 54.1 Å². The lowest BCUT2D eigenvalue weighted by Gasteiger charge is -2.54. The van der Waals surface area contributed by atoms with Crippen LogP contribution in [0.2, 0.25) is 0 Å². The molecule has 8 heteroatoms. The van der Waals surface area contributed by atoms with Gasteiger partial charge in [0.1, 0.15) is 4.90 Å². The molecule has 2 heterocycles. The third kappa shape index (κ3) is 3.40. The molecule has 29 heavy (non-hydrogen) atoms. The number of aromatic nitrogens is 2. The van der Waals surface area contributed by atoms with Gasteiger partial charge >= 0.3 is 0 Å². The minimum Gasteiger partial charge on any atom is -0.350 e. The quantitative estimate of drug-likeness (QED) is 0.762. The number of hydrogen-bond acceptors (Lipinski definition) is 4. The summed E-state index contributed by atoms with van der Waals surface area (Å²) in [5, 5.41) is 7.29. The van der Waals surface area contributed by atoms with Gasteiger partial charge in [-0.3, -0.25) is 4.79 Å². The molecule has 154 valence electrons. The Balaban J connectivity index is 1.63. The van der Waals surface area contributed by atoms with Crippen LogP contribution in [0, 0.1) is 6.92 Å². The average Bonchev–Trinajstić information content (AvgIpc) is 3.09. The summed E-state index contributed by atoms with van der Waals surface area (Å²) in [6.07, 6.45) is 6.57. The van der Waals surface area contributed by atoms with Crippen molar-refractivity contribution in [3.63, 3.8) is 0 Å². The number of amides is 1. The smallest absolute Gasteiger partial charge is 0.246 e. The maximum atomic E-state index is 13.6. The molecule has 1 saturated heterocycles. The van der Waals surface area contributed by atoms with Crippen molar-refractivity contribution in [3.05, 3.63) is 54.9 Å². The molecule has 2 aromatic rings. The second-order valence-corrected chi connectivity index (χ2v) is 9.73. The molecule has 7 nitrogen and oxygen atoms in total. The molecule has 1 aliphatic heterocycles. The molecule has 1 saturated carbocycles. The molecule has 1 aromatic heterocycles. The fourth-order valence-corrected chi connectivity index (χ4v) is 6.56. The fraction of sp³-hybridized carbons (Fsp3) is 0.429. The summed E-state index contributed by atoms with van der Waals surface area (Å²) in [5.74, 6) is -0.208. The Kier molecular flexibility index (Phi) is 5.08. The minimum absolute atomic E-state index is 0.0274. The van der Waals surface area contributed by atoms with Crippen molar-refractivity contribution in [2.75, 3.05) is 6.54 Å². The van der Waals surface area contributed by atoms with Crippen LogP contribution in [0.1, 0.15) is 37.8 Å². The normalized spacial score (nSPS) is 21.5. The summed E-state index contributed by atoms with van der Waals surface area (Å²) >= 11 is 0. The molecule has 1 atom stereocenters. The van der Waals surface area contributed by atoms with Crippen LogP contribution in [0.5, 0.6) is 0 Å². The average molecular weight is 415 g/mol. The van der Waals surface area contributed by atoms with Gasteiger partial charge in [-0.2, -0.15) is 9.40 Å². The van der Waals surface area contributed by atoms with Gasteiger partial charge in [0.15, 0.2) is 0 Å². The van der Waals surface area contributed by atoms with Crippen molar-refractivity contribution in [1.29, 1.82) is 0 Å². The number of rotatable bonds is 5. The molecule has 0 radical (unpaired) electrons. The first-order chi connectivity index (χ1) is 13.9. The molecule has 1 spiro atoms. The molecule has 2 fully saturated rings. The molecule has 1 amide bonds. The van der Waals surface area contributed by atoms with Gasteiger partial charge in [-0.15, -0.1) is 0 Å². The number of nitrogens with one attached hydrogen (secondary N) is 1. The van der Waals surface area contributed by atoms with Gasteiger partial charge in [0.05, 0.1) is 17.6 Å². The number of para-hydroxylation sites is 1. The van der Waals surface area contributed by atoms with Crippen LogP contribution in [-0.4, -0.2) is 46.5 Å². The van der Waals surface area contributed by atoms with E-state index in [1.807, 2.05) is 30.3 Å². The number of benzene rings is 1. The fourth-order valence-electron chi connectivity index (χ4n) is 4.57. The Morgan fingerprint density at radius 3 is 2.66 bits per heavy atom. The Bertz CT molecular complexity index is 1030. The van der Waals surface area contributed by atoms with Crippen LogP contribution in [0.4, 0.5) is 0 Å². The zero-order valence-electron chi connectivity index (χ0n) is 16.5. The van der Waals surface area contributed by atoms with E-state index in [-0.39, 0.29) is 16.8 Å². The summed E-state index contributed by atoms with van der Waals surface area (Å²) < 4.78 is 30.6. The monoisotopic (exact) mass is 414 g/mol. The van der Waals surface area contributed by atoms with E-state index in [2.05, 4.69) is 17.0 Å². The van der Waals surface area contributed by atoms with E-state index in [1.165, 1.54) is 12.3 Å². The highest BCUT2D eigenvalue weighted by Gasteiger charge is 2.52. The van der Waals surface area contributed by atoms with Crippen LogP contribution >= 0.6 is 0 Å². The maximum Gasteiger partial charge on any atom is 0.246 e. The molecular weight excluding hydrogens is 388 g/mol. The number of carbonyl (C=O) groups is 1. The molecule has 1 aliphatic carbocycles.